The highest BCUT2D eigenvalue weighted by Gasteiger charge is 2.51. The Morgan fingerprint density at radius 3 is 2.86 bits per heavy atom. The van der Waals surface area contributed by atoms with Gasteiger partial charge in [0.1, 0.15) is 24.5 Å². The molecule has 190 valence electrons. The van der Waals surface area contributed by atoms with Gasteiger partial charge in [0.05, 0.1) is 28.4 Å². The number of hydrogen-bond acceptors (Lipinski definition) is 7. The molecule has 1 aromatic heterocycles. The Labute approximate surface area is 214 Å². The number of amides is 1. The Bertz CT molecular complexity index is 1240. The maximum absolute atomic E-state index is 13.7. The first-order chi connectivity index (χ1) is 17.4. The zero-order valence-corrected chi connectivity index (χ0v) is 21.0. The molecule has 0 radical (unpaired) electrons. The first-order valence-corrected chi connectivity index (χ1v) is 12.0. The van der Waals surface area contributed by atoms with E-state index in [1.165, 1.54) is 24.5 Å². The Morgan fingerprint density at radius 1 is 1.28 bits per heavy atom. The maximum Gasteiger partial charge on any atom is 0.265 e. The van der Waals surface area contributed by atoms with Crippen molar-refractivity contribution in [2.45, 2.75) is 18.4 Å². The summed E-state index contributed by atoms with van der Waals surface area (Å²) in [6.07, 6.45) is 8.07. The van der Waals surface area contributed by atoms with Crippen molar-refractivity contribution in [1.82, 2.24) is 19.9 Å². The van der Waals surface area contributed by atoms with Crippen molar-refractivity contribution in [2.75, 3.05) is 45.9 Å². The summed E-state index contributed by atoms with van der Waals surface area (Å²) in [6.45, 7) is 2.23. The lowest BCUT2D eigenvalue weighted by Crippen LogP contribution is -2.48. The summed E-state index contributed by atoms with van der Waals surface area (Å²) in [6, 6.07) is 9.86. The molecule has 1 aliphatic rings. The molecular formula is C26H29ClFN5O3. The molecule has 0 spiro atoms. The van der Waals surface area contributed by atoms with Crippen LogP contribution >= 0.6 is 11.6 Å². The van der Waals surface area contributed by atoms with Crippen LogP contribution in [-0.2, 0) is 9.53 Å². The van der Waals surface area contributed by atoms with Crippen LogP contribution in [-0.4, -0.2) is 71.8 Å². The summed E-state index contributed by atoms with van der Waals surface area (Å²) >= 11 is 5.97. The molecule has 4 rings (SSSR count). The van der Waals surface area contributed by atoms with Crippen LogP contribution in [0.3, 0.4) is 0 Å². The zero-order valence-electron chi connectivity index (χ0n) is 20.3. The fourth-order valence-electron chi connectivity index (χ4n) is 3.70. The van der Waals surface area contributed by atoms with Crippen LogP contribution in [0.5, 0.6) is 5.75 Å². The second kappa shape index (κ2) is 11.6. The number of halogens is 2. The van der Waals surface area contributed by atoms with Gasteiger partial charge < -0.3 is 14.4 Å². The predicted molar refractivity (Wildman–Crippen MR) is 137 cm³/mol. The molecule has 8 nitrogen and oxygen atoms in total. The number of hydrogen-bond donors (Lipinski definition) is 1. The third-order valence-electron chi connectivity index (χ3n) is 6.02. The van der Waals surface area contributed by atoms with Crippen molar-refractivity contribution < 1.29 is 18.7 Å². The number of nitrogens with one attached hydrogen (secondary N) is 1. The zero-order chi connectivity index (χ0) is 25.5. The highest BCUT2D eigenvalue weighted by atomic mass is 35.5. The largest absolute Gasteiger partial charge is 0.491 e. The van der Waals surface area contributed by atoms with Gasteiger partial charge in [-0.15, -0.1) is 0 Å². The first kappa shape index (κ1) is 25.8. The molecule has 1 heterocycles. The standard InChI is InChI=1S/C26H29ClFN5O3/c1-32(12-13-35-2)11-3-4-25(34)33(31-20-5-7-23(28)22(27)15-20)26(9-10-26)17-36-21-6-8-24-19(14-21)16-29-18-30-24/h3-8,14-16,18,31H,9-13,17H2,1-2H3/b4-3-. The van der Waals surface area contributed by atoms with Gasteiger partial charge in [-0.05, 0) is 56.3 Å². The van der Waals surface area contributed by atoms with E-state index >= 15 is 0 Å². The number of likely N-dealkylation sites (N-methyl/N-ethyl adjacent to an activating group) is 1. The minimum Gasteiger partial charge on any atom is -0.491 e. The van der Waals surface area contributed by atoms with Gasteiger partial charge in [-0.1, -0.05) is 17.7 Å². The van der Waals surface area contributed by atoms with Crippen molar-refractivity contribution in [3.8, 4) is 5.75 Å². The lowest BCUT2D eigenvalue weighted by molar-refractivity contribution is -0.128. The SMILES string of the molecule is COCCN(C)C/C=C\C(=O)N(Nc1ccc(F)c(Cl)c1)C1(COc2ccc3ncncc3c2)CC1. The Hall–Kier alpha value is -3.27. The van der Waals surface area contributed by atoms with E-state index in [2.05, 4.69) is 15.4 Å². The van der Waals surface area contributed by atoms with E-state index in [1.54, 1.807) is 24.4 Å². The molecule has 1 fully saturated rings. The molecule has 0 unspecified atom stereocenters. The number of carbonyl (C=O) groups is 1. The van der Waals surface area contributed by atoms with Crippen molar-refractivity contribution in [2.24, 2.45) is 0 Å². The Kier molecular flexibility index (Phi) is 8.35. The van der Waals surface area contributed by atoms with E-state index in [0.717, 1.165) is 30.3 Å². The van der Waals surface area contributed by atoms with Crippen LogP contribution in [0, 0.1) is 5.82 Å². The van der Waals surface area contributed by atoms with E-state index in [1.807, 2.05) is 36.2 Å². The van der Waals surface area contributed by atoms with Crippen LogP contribution in [0.15, 0.2) is 61.1 Å². The van der Waals surface area contributed by atoms with E-state index in [-0.39, 0.29) is 17.5 Å². The van der Waals surface area contributed by atoms with Crippen LogP contribution in [0.2, 0.25) is 5.02 Å². The molecule has 0 bridgehead atoms. The lowest BCUT2D eigenvalue weighted by Gasteiger charge is -2.32. The quantitative estimate of drug-likeness (QED) is 0.285. The lowest BCUT2D eigenvalue weighted by atomic mass is 10.2. The van der Waals surface area contributed by atoms with Crippen molar-refractivity contribution in [3.63, 3.8) is 0 Å². The second-order valence-corrected chi connectivity index (χ2v) is 9.24. The van der Waals surface area contributed by atoms with Crippen molar-refractivity contribution in [1.29, 1.82) is 0 Å². The summed E-state index contributed by atoms with van der Waals surface area (Å²) in [5.41, 5.74) is 3.91. The van der Waals surface area contributed by atoms with E-state index < -0.39 is 11.4 Å². The number of nitrogens with zero attached hydrogens (tertiary/aromatic N) is 4. The fraction of sp³-hybridized carbons (Fsp3) is 0.346. The van der Waals surface area contributed by atoms with E-state index in [9.17, 15) is 9.18 Å². The number of benzene rings is 2. The molecule has 0 aliphatic heterocycles. The van der Waals surface area contributed by atoms with E-state index in [0.29, 0.717) is 24.6 Å². The number of anilines is 1. The van der Waals surface area contributed by atoms with Crippen LogP contribution in [0.1, 0.15) is 12.8 Å². The fourth-order valence-corrected chi connectivity index (χ4v) is 3.88. The van der Waals surface area contributed by atoms with Crippen LogP contribution in [0.4, 0.5) is 10.1 Å². The summed E-state index contributed by atoms with van der Waals surface area (Å²) in [7, 11) is 3.61. The molecule has 1 amide bonds. The molecule has 1 N–H and O–H groups in total. The molecule has 2 aromatic carbocycles. The van der Waals surface area contributed by atoms with Gasteiger partial charge in [0.25, 0.3) is 5.91 Å². The van der Waals surface area contributed by atoms with Crippen LogP contribution < -0.4 is 10.2 Å². The minimum atomic E-state index is -0.563. The molecule has 36 heavy (non-hydrogen) atoms. The molecule has 0 atom stereocenters. The third-order valence-corrected chi connectivity index (χ3v) is 6.31. The smallest absolute Gasteiger partial charge is 0.265 e. The minimum absolute atomic E-state index is 0.0258. The van der Waals surface area contributed by atoms with Crippen molar-refractivity contribution >= 4 is 34.1 Å². The van der Waals surface area contributed by atoms with Gasteiger partial charge in [-0.25, -0.2) is 19.4 Å². The van der Waals surface area contributed by atoms with E-state index in [4.69, 9.17) is 21.1 Å². The number of methoxy groups -OCH3 is 1. The number of ether oxygens (including phenoxy) is 2. The normalized spacial score (nSPS) is 14.4. The molecule has 1 aliphatic carbocycles. The number of carbonyl (C=O) groups excluding carboxylic acids is 1. The number of fused-ring (bicyclic) bond motifs is 1. The molecule has 0 saturated heterocycles. The number of aromatic nitrogens is 2. The average molecular weight is 514 g/mol. The first-order valence-electron chi connectivity index (χ1n) is 11.6. The highest BCUT2D eigenvalue weighted by molar-refractivity contribution is 6.31. The number of hydrazine groups is 1. The maximum atomic E-state index is 13.7. The van der Waals surface area contributed by atoms with Crippen LogP contribution in [0.25, 0.3) is 10.9 Å². The van der Waals surface area contributed by atoms with Gasteiger partial charge in [0.2, 0.25) is 0 Å². The van der Waals surface area contributed by atoms with Gasteiger partial charge in [-0.3, -0.25) is 10.2 Å². The summed E-state index contributed by atoms with van der Waals surface area (Å²) in [4.78, 5) is 23.7. The Balaban J connectivity index is 1.50. The average Bonchev–Trinajstić information content (AvgIpc) is 3.67. The van der Waals surface area contributed by atoms with Gasteiger partial charge >= 0.3 is 0 Å². The predicted octanol–water partition coefficient (Wildman–Crippen LogP) is 4.32. The van der Waals surface area contributed by atoms with Gasteiger partial charge in [-0.2, -0.15) is 0 Å². The van der Waals surface area contributed by atoms with Gasteiger partial charge in [0.15, 0.2) is 0 Å². The molecule has 1 saturated carbocycles. The summed E-state index contributed by atoms with van der Waals surface area (Å²) in [5.74, 6) is -0.0939. The summed E-state index contributed by atoms with van der Waals surface area (Å²) < 4.78 is 24.9. The summed E-state index contributed by atoms with van der Waals surface area (Å²) in [5, 5.41) is 2.40. The second-order valence-electron chi connectivity index (χ2n) is 8.83. The van der Waals surface area contributed by atoms with Gasteiger partial charge in [0, 0.05) is 37.9 Å². The molecular weight excluding hydrogens is 485 g/mol. The topological polar surface area (TPSA) is 79.8 Å². The monoisotopic (exact) mass is 513 g/mol. The molecule has 10 heteroatoms. The molecule has 3 aromatic rings. The Morgan fingerprint density at radius 2 is 2.11 bits per heavy atom. The van der Waals surface area contributed by atoms with Crippen molar-refractivity contribution in [3.05, 3.63) is 71.9 Å². The number of rotatable bonds is 12. The highest BCUT2D eigenvalue weighted by Crippen LogP contribution is 2.42. The third kappa shape index (κ3) is 6.48.